The Morgan fingerprint density at radius 2 is 2.02 bits per heavy atom. The molecule has 2 atom stereocenters. The number of pyridine rings is 1. The zero-order valence-corrected chi connectivity index (χ0v) is 23.0. The predicted molar refractivity (Wildman–Crippen MR) is 153 cm³/mol. The van der Waals surface area contributed by atoms with Gasteiger partial charge in [-0.3, -0.25) is 19.5 Å². The number of likely N-dealkylation sites (tertiary alicyclic amines) is 1. The quantitative estimate of drug-likeness (QED) is 0.279. The summed E-state index contributed by atoms with van der Waals surface area (Å²) in [6.45, 7) is 1.58. The summed E-state index contributed by atoms with van der Waals surface area (Å²) < 4.78 is 32.9. The van der Waals surface area contributed by atoms with Crippen LogP contribution in [0.3, 0.4) is 0 Å². The lowest BCUT2D eigenvalue weighted by Gasteiger charge is -2.39. The maximum Gasteiger partial charge on any atom is 0.251 e. The molecule has 1 fully saturated rings. The van der Waals surface area contributed by atoms with Crippen molar-refractivity contribution in [2.45, 2.75) is 38.4 Å². The second kappa shape index (κ2) is 12.5. The topological polar surface area (TPSA) is 99.3 Å². The van der Waals surface area contributed by atoms with Crippen LogP contribution in [0, 0.1) is 12.7 Å². The third kappa shape index (κ3) is 6.22. The number of carbonyl (C=O) groups excluding carboxylic acids is 2. The van der Waals surface area contributed by atoms with Gasteiger partial charge in [-0.15, -0.1) is 0 Å². The van der Waals surface area contributed by atoms with Gasteiger partial charge in [-0.25, -0.2) is 8.78 Å². The average Bonchev–Trinajstić information content (AvgIpc) is 3.40. The fraction of sp³-hybridized carbons (Fsp3) is 0.323. The number of H-pyrrole nitrogens is 1. The number of halogens is 2. The van der Waals surface area contributed by atoms with E-state index in [1.54, 1.807) is 24.4 Å². The summed E-state index contributed by atoms with van der Waals surface area (Å²) >= 11 is 0. The van der Waals surface area contributed by atoms with Crippen LogP contribution >= 0.6 is 0 Å². The van der Waals surface area contributed by atoms with Gasteiger partial charge in [-0.2, -0.15) is 0 Å². The minimum absolute atomic E-state index is 0.0883. The summed E-state index contributed by atoms with van der Waals surface area (Å²) in [5.41, 5.74) is 4.62. The Balaban J connectivity index is 1.36. The SMILES string of the molecule is COc1cccc(F)c1CN1C[C@H](NC(=O)c2ccc3[nH]cc(-c4ccnc(C)c4)c3c2)CC[C@H]1C(=O)NCCF. The molecule has 0 spiro atoms. The van der Waals surface area contributed by atoms with Gasteiger partial charge in [-0.05, 0) is 67.8 Å². The van der Waals surface area contributed by atoms with Crippen LogP contribution in [0.4, 0.5) is 8.78 Å². The number of nitrogens with one attached hydrogen (secondary N) is 3. The van der Waals surface area contributed by atoms with Gasteiger partial charge in [0.1, 0.15) is 18.2 Å². The van der Waals surface area contributed by atoms with E-state index >= 15 is 0 Å². The lowest BCUT2D eigenvalue weighted by molar-refractivity contribution is -0.128. The fourth-order valence-electron chi connectivity index (χ4n) is 5.49. The van der Waals surface area contributed by atoms with Crippen LogP contribution in [-0.2, 0) is 11.3 Å². The molecule has 0 saturated carbocycles. The molecule has 1 saturated heterocycles. The molecule has 2 aromatic heterocycles. The van der Waals surface area contributed by atoms with Gasteiger partial charge in [-0.1, -0.05) is 6.07 Å². The molecule has 1 aliphatic rings. The summed E-state index contributed by atoms with van der Waals surface area (Å²) in [6.07, 6.45) is 4.64. The number of benzene rings is 2. The first-order chi connectivity index (χ1) is 19.9. The molecule has 41 heavy (non-hydrogen) atoms. The number of nitrogens with zero attached hydrogens (tertiary/aromatic N) is 2. The number of carbonyl (C=O) groups is 2. The predicted octanol–water partition coefficient (Wildman–Crippen LogP) is 4.53. The highest BCUT2D eigenvalue weighted by Gasteiger charge is 2.34. The van der Waals surface area contributed by atoms with Crippen molar-refractivity contribution < 1.29 is 23.1 Å². The van der Waals surface area contributed by atoms with Crippen molar-refractivity contribution in [2.24, 2.45) is 0 Å². The Morgan fingerprint density at radius 3 is 2.80 bits per heavy atom. The Labute approximate surface area is 237 Å². The zero-order chi connectivity index (χ0) is 28.9. The van der Waals surface area contributed by atoms with E-state index < -0.39 is 18.5 Å². The third-order valence-electron chi connectivity index (χ3n) is 7.52. The fourth-order valence-corrected chi connectivity index (χ4v) is 5.49. The molecule has 3 N–H and O–H groups in total. The van der Waals surface area contributed by atoms with Crippen molar-refractivity contribution in [3.63, 3.8) is 0 Å². The number of alkyl halides is 1. The largest absolute Gasteiger partial charge is 0.496 e. The first-order valence-corrected chi connectivity index (χ1v) is 13.6. The normalized spacial score (nSPS) is 17.4. The molecular weight excluding hydrogens is 528 g/mol. The van der Waals surface area contributed by atoms with Crippen LogP contribution in [0.15, 0.2) is 60.9 Å². The monoisotopic (exact) mass is 561 g/mol. The third-order valence-corrected chi connectivity index (χ3v) is 7.52. The molecule has 214 valence electrons. The highest BCUT2D eigenvalue weighted by Crippen LogP contribution is 2.30. The van der Waals surface area contributed by atoms with Crippen LogP contribution in [0.2, 0.25) is 0 Å². The van der Waals surface area contributed by atoms with E-state index in [4.69, 9.17) is 4.74 Å². The lowest BCUT2D eigenvalue weighted by Crippen LogP contribution is -2.56. The summed E-state index contributed by atoms with van der Waals surface area (Å²) in [5, 5.41) is 6.63. The van der Waals surface area contributed by atoms with Gasteiger partial charge >= 0.3 is 0 Å². The van der Waals surface area contributed by atoms with E-state index in [9.17, 15) is 18.4 Å². The molecule has 1 aliphatic heterocycles. The van der Waals surface area contributed by atoms with Crippen LogP contribution < -0.4 is 15.4 Å². The van der Waals surface area contributed by atoms with E-state index in [1.807, 2.05) is 42.3 Å². The number of amides is 2. The van der Waals surface area contributed by atoms with Gasteiger partial charge in [0.2, 0.25) is 5.91 Å². The molecule has 3 heterocycles. The number of aryl methyl sites for hydroxylation is 1. The molecule has 2 amide bonds. The first kappa shape index (κ1) is 28.2. The maximum atomic E-state index is 14.8. The van der Waals surface area contributed by atoms with Crippen molar-refractivity contribution in [3.8, 4) is 16.9 Å². The number of aromatic nitrogens is 2. The van der Waals surface area contributed by atoms with E-state index in [0.717, 1.165) is 27.7 Å². The van der Waals surface area contributed by atoms with E-state index in [-0.39, 0.29) is 30.9 Å². The average molecular weight is 562 g/mol. The summed E-state index contributed by atoms with van der Waals surface area (Å²) in [4.78, 5) is 35.6. The Kier molecular flexibility index (Phi) is 8.58. The highest BCUT2D eigenvalue weighted by atomic mass is 19.1. The number of hydrogen-bond acceptors (Lipinski definition) is 5. The summed E-state index contributed by atoms with van der Waals surface area (Å²) in [5.74, 6) is -0.629. The van der Waals surface area contributed by atoms with Crippen LogP contribution in [0.1, 0.15) is 34.5 Å². The number of fused-ring (bicyclic) bond motifs is 1. The second-order valence-corrected chi connectivity index (χ2v) is 10.2. The number of aromatic amines is 1. The molecule has 5 rings (SSSR count). The smallest absolute Gasteiger partial charge is 0.251 e. The van der Waals surface area contributed by atoms with Crippen LogP contribution in [-0.4, -0.2) is 65.6 Å². The van der Waals surface area contributed by atoms with Gasteiger partial charge in [0.15, 0.2) is 0 Å². The summed E-state index contributed by atoms with van der Waals surface area (Å²) in [6, 6.07) is 13.1. The Bertz CT molecular complexity index is 1560. The Morgan fingerprint density at radius 1 is 1.17 bits per heavy atom. The standard InChI is InChI=1S/C31H33F2N5O3/c1-19-14-20(10-12-34-19)24-16-36-27-8-6-21(15-23(24)27)30(39)37-22-7-9-28(31(40)35-13-11-32)38(17-22)18-25-26(33)4-3-5-29(25)41-2/h3-6,8,10,12,14-16,22,28,36H,7,9,11,13,17-18H2,1-2H3,(H,35,40)(H,37,39)/t22-,28+/m1/s1. The molecule has 0 aliphatic carbocycles. The number of methoxy groups -OCH3 is 1. The van der Waals surface area contributed by atoms with Crippen molar-refractivity contribution in [1.82, 2.24) is 25.5 Å². The molecule has 2 aromatic carbocycles. The Hall–Kier alpha value is -4.31. The van der Waals surface area contributed by atoms with Gasteiger partial charge in [0.25, 0.3) is 5.91 Å². The van der Waals surface area contributed by atoms with Gasteiger partial charge in [0.05, 0.1) is 13.2 Å². The first-order valence-electron chi connectivity index (χ1n) is 13.6. The highest BCUT2D eigenvalue weighted by molar-refractivity contribution is 6.02. The lowest BCUT2D eigenvalue weighted by atomic mass is 9.96. The molecule has 0 bridgehead atoms. The van der Waals surface area contributed by atoms with Crippen molar-refractivity contribution in [3.05, 3.63) is 83.6 Å². The summed E-state index contributed by atoms with van der Waals surface area (Å²) in [7, 11) is 1.46. The van der Waals surface area contributed by atoms with E-state index in [1.165, 1.54) is 13.2 Å². The molecule has 0 unspecified atom stereocenters. The number of hydrogen-bond donors (Lipinski definition) is 3. The number of rotatable bonds is 9. The molecular formula is C31H33F2N5O3. The molecule has 10 heteroatoms. The van der Waals surface area contributed by atoms with Crippen LogP contribution in [0.25, 0.3) is 22.0 Å². The zero-order valence-electron chi connectivity index (χ0n) is 23.0. The molecule has 4 aromatic rings. The van der Waals surface area contributed by atoms with Crippen molar-refractivity contribution in [1.29, 1.82) is 0 Å². The number of ether oxygens (including phenoxy) is 1. The maximum absolute atomic E-state index is 14.8. The van der Waals surface area contributed by atoms with Crippen LogP contribution in [0.5, 0.6) is 5.75 Å². The molecule has 0 radical (unpaired) electrons. The van der Waals surface area contributed by atoms with Crippen molar-refractivity contribution in [2.75, 3.05) is 26.9 Å². The van der Waals surface area contributed by atoms with Gasteiger partial charge < -0.3 is 20.4 Å². The van der Waals surface area contributed by atoms with E-state index in [0.29, 0.717) is 36.3 Å². The molecule has 8 nitrogen and oxygen atoms in total. The van der Waals surface area contributed by atoms with Crippen molar-refractivity contribution >= 4 is 22.7 Å². The van der Waals surface area contributed by atoms with Gasteiger partial charge in [0, 0.05) is 71.4 Å². The minimum atomic E-state index is -0.674. The second-order valence-electron chi connectivity index (χ2n) is 10.2. The van der Waals surface area contributed by atoms with E-state index in [2.05, 4.69) is 20.6 Å². The minimum Gasteiger partial charge on any atom is -0.496 e. The number of piperidine rings is 1.